The Kier molecular flexibility index (Phi) is 3.92. The smallest absolute Gasteiger partial charge is 0.316 e. The molecule has 0 spiro atoms. The van der Waals surface area contributed by atoms with Crippen LogP contribution in [0.1, 0.15) is 12.0 Å². The molecule has 1 aliphatic rings. The Bertz CT molecular complexity index is 576. The first kappa shape index (κ1) is 13.2. The number of hydrogen-bond donors (Lipinski definition) is 1. The van der Waals surface area contributed by atoms with Crippen LogP contribution in [-0.4, -0.2) is 27.2 Å². The summed E-state index contributed by atoms with van der Waals surface area (Å²) in [4.78, 5) is 22.3. The summed E-state index contributed by atoms with van der Waals surface area (Å²) in [5.74, 6) is 0.0290. The van der Waals surface area contributed by atoms with Gasteiger partial charge in [-0.2, -0.15) is 5.26 Å². The molecule has 7 heteroatoms. The summed E-state index contributed by atoms with van der Waals surface area (Å²) in [6.07, 6.45) is 0.199. The van der Waals surface area contributed by atoms with Gasteiger partial charge in [0, 0.05) is 6.42 Å². The molecule has 1 heterocycles. The van der Waals surface area contributed by atoms with E-state index in [9.17, 15) is 13.8 Å². The largest absolute Gasteiger partial charge is 0.494 e. The summed E-state index contributed by atoms with van der Waals surface area (Å²) in [6.45, 7) is 0.170. The van der Waals surface area contributed by atoms with Gasteiger partial charge < -0.3 is 4.74 Å². The second-order valence-corrected chi connectivity index (χ2v) is 5.37. The molecule has 0 saturated carbocycles. The zero-order valence-corrected chi connectivity index (χ0v) is 10.6. The van der Waals surface area contributed by atoms with E-state index in [1.807, 2.05) is 11.4 Å². The molecule has 1 aromatic rings. The van der Waals surface area contributed by atoms with Gasteiger partial charge in [-0.1, -0.05) is 0 Å². The minimum atomic E-state index is -1.82. The zero-order valence-electron chi connectivity index (χ0n) is 9.79. The van der Waals surface area contributed by atoms with Crippen LogP contribution in [0.2, 0.25) is 0 Å². The lowest BCUT2D eigenvalue weighted by molar-refractivity contribution is -0.119. The Morgan fingerprint density at radius 2 is 2.00 bits per heavy atom. The van der Waals surface area contributed by atoms with Crippen molar-refractivity contribution in [2.45, 2.75) is 11.7 Å². The Hall–Kier alpha value is -2.20. The van der Waals surface area contributed by atoms with Crippen LogP contribution in [0.15, 0.2) is 24.3 Å². The van der Waals surface area contributed by atoms with Gasteiger partial charge in [-0.25, -0.2) is 4.21 Å². The maximum Gasteiger partial charge on any atom is 0.316 e. The highest BCUT2D eigenvalue weighted by Crippen LogP contribution is 2.15. The lowest BCUT2D eigenvalue weighted by Crippen LogP contribution is -2.26. The molecular weight excluding hydrogens is 268 g/mol. The van der Waals surface area contributed by atoms with Crippen LogP contribution in [0.5, 0.6) is 5.75 Å². The van der Waals surface area contributed by atoms with Gasteiger partial charge >= 0.3 is 5.24 Å². The first-order chi connectivity index (χ1) is 9.11. The normalized spacial score (nSPS) is 21.8. The topological polar surface area (TPSA) is 96.3 Å². The van der Waals surface area contributed by atoms with Crippen molar-refractivity contribution < 1.29 is 18.5 Å². The van der Waals surface area contributed by atoms with E-state index < -0.39 is 27.2 Å². The molecule has 0 radical (unpaired) electrons. The number of nitriles is 1. The molecule has 2 rings (SSSR count). The Labute approximate surface area is 111 Å². The van der Waals surface area contributed by atoms with E-state index >= 15 is 0 Å². The molecule has 2 unspecified atom stereocenters. The predicted octanol–water partition coefficient (Wildman–Crippen LogP) is 0.694. The molecule has 0 aliphatic carbocycles. The Morgan fingerprint density at radius 3 is 2.53 bits per heavy atom. The van der Waals surface area contributed by atoms with E-state index in [1.54, 1.807) is 24.3 Å². The third-order valence-electron chi connectivity index (χ3n) is 2.59. The number of benzene rings is 1. The van der Waals surface area contributed by atoms with Crippen LogP contribution >= 0.6 is 0 Å². The highest BCUT2D eigenvalue weighted by atomic mass is 32.2. The zero-order chi connectivity index (χ0) is 13.8. The highest BCUT2D eigenvalue weighted by Gasteiger charge is 2.38. The highest BCUT2D eigenvalue weighted by molar-refractivity contribution is 8.02. The number of carbonyl (C=O) groups is 2. The molecule has 98 valence electrons. The van der Waals surface area contributed by atoms with Crippen LogP contribution in [0.25, 0.3) is 0 Å². The Balaban J connectivity index is 1.86. The third kappa shape index (κ3) is 2.98. The fourth-order valence-electron chi connectivity index (χ4n) is 1.61. The summed E-state index contributed by atoms with van der Waals surface area (Å²) in [6, 6.07) is 8.47. The van der Waals surface area contributed by atoms with Gasteiger partial charge in [0.1, 0.15) is 21.8 Å². The lowest BCUT2D eigenvalue weighted by Gasteiger charge is -2.07. The number of carbonyl (C=O) groups excluding carboxylic acids is 2. The molecule has 6 nitrogen and oxygen atoms in total. The third-order valence-corrected chi connectivity index (χ3v) is 4.03. The minimum Gasteiger partial charge on any atom is -0.494 e. The van der Waals surface area contributed by atoms with Crippen molar-refractivity contribution >= 4 is 21.9 Å². The van der Waals surface area contributed by atoms with Crippen LogP contribution in [0, 0.1) is 11.3 Å². The number of imide groups is 1. The van der Waals surface area contributed by atoms with Crippen molar-refractivity contribution in [3.05, 3.63) is 29.8 Å². The van der Waals surface area contributed by atoms with Crippen molar-refractivity contribution in [3.63, 3.8) is 0 Å². The molecule has 1 aliphatic heterocycles. The van der Waals surface area contributed by atoms with Gasteiger partial charge in [-0.05, 0) is 24.3 Å². The van der Waals surface area contributed by atoms with Crippen molar-refractivity contribution in [2.75, 3.05) is 6.61 Å². The molecule has 2 atom stereocenters. The quantitative estimate of drug-likeness (QED) is 0.874. The SMILES string of the molecule is N#Cc1ccc(OCCC2C(=O)NC(=O)S2=O)cc1. The van der Waals surface area contributed by atoms with Crippen molar-refractivity contribution in [1.82, 2.24) is 5.32 Å². The number of amides is 2. The van der Waals surface area contributed by atoms with Gasteiger partial charge in [0.2, 0.25) is 5.91 Å². The van der Waals surface area contributed by atoms with E-state index in [4.69, 9.17) is 10.00 Å². The van der Waals surface area contributed by atoms with E-state index in [0.29, 0.717) is 11.3 Å². The Morgan fingerprint density at radius 1 is 1.32 bits per heavy atom. The molecule has 1 fully saturated rings. The van der Waals surface area contributed by atoms with Crippen LogP contribution in [0.3, 0.4) is 0 Å². The number of ether oxygens (including phenoxy) is 1. The predicted molar refractivity (Wildman–Crippen MR) is 66.7 cm³/mol. The average Bonchev–Trinajstić information content (AvgIpc) is 2.66. The van der Waals surface area contributed by atoms with E-state index in [1.165, 1.54) is 0 Å². The molecule has 19 heavy (non-hydrogen) atoms. The number of rotatable bonds is 4. The number of nitrogens with one attached hydrogen (secondary N) is 1. The number of nitrogens with zero attached hydrogens (tertiary/aromatic N) is 1. The lowest BCUT2D eigenvalue weighted by atomic mass is 10.2. The average molecular weight is 278 g/mol. The van der Waals surface area contributed by atoms with Crippen LogP contribution in [-0.2, 0) is 15.6 Å². The first-order valence-electron chi connectivity index (χ1n) is 5.50. The molecule has 1 aromatic carbocycles. The van der Waals surface area contributed by atoms with E-state index in [0.717, 1.165) is 0 Å². The van der Waals surface area contributed by atoms with Gasteiger partial charge in [0.15, 0.2) is 0 Å². The second-order valence-electron chi connectivity index (χ2n) is 3.84. The first-order valence-corrected chi connectivity index (χ1v) is 6.71. The number of hydrogen-bond acceptors (Lipinski definition) is 5. The van der Waals surface area contributed by atoms with Gasteiger partial charge in [0.05, 0.1) is 18.2 Å². The summed E-state index contributed by atoms with van der Waals surface area (Å²) >= 11 is 0. The van der Waals surface area contributed by atoms with Crippen molar-refractivity contribution in [1.29, 1.82) is 5.26 Å². The minimum absolute atomic E-state index is 0.170. The molecule has 2 amide bonds. The maximum absolute atomic E-state index is 11.4. The standard InChI is InChI=1S/C12H10N2O4S/c13-7-8-1-3-9(4-2-8)18-6-5-10-11(15)14-12(16)19(10)17/h1-4,10H,5-6H2,(H,14,15,16). The summed E-state index contributed by atoms with van der Waals surface area (Å²) in [5.41, 5.74) is 0.522. The second kappa shape index (κ2) is 5.63. The van der Waals surface area contributed by atoms with Gasteiger partial charge in [-0.3, -0.25) is 14.9 Å². The van der Waals surface area contributed by atoms with Crippen LogP contribution in [0.4, 0.5) is 4.79 Å². The van der Waals surface area contributed by atoms with Gasteiger partial charge in [0.25, 0.3) is 0 Å². The summed E-state index contributed by atoms with van der Waals surface area (Å²) in [5, 5.41) is 9.06. The summed E-state index contributed by atoms with van der Waals surface area (Å²) in [7, 11) is -1.82. The molecule has 0 bridgehead atoms. The van der Waals surface area contributed by atoms with Gasteiger partial charge in [-0.15, -0.1) is 0 Å². The fraction of sp³-hybridized carbons (Fsp3) is 0.250. The van der Waals surface area contributed by atoms with E-state index in [2.05, 4.69) is 0 Å². The molecule has 0 aromatic heterocycles. The van der Waals surface area contributed by atoms with Crippen molar-refractivity contribution in [3.8, 4) is 11.8 Å². The van der Waals surface area contributed by atoms with Crippen molar-refractivity contribution in [2.24, 2.45) is 0 Å². The fourth-order valence-corrected chi connectivity index (χ4v) is 2.63. The maximum atomic E-state index is 11.4. The molecule has 1 saturated heterocycles. The monoisotopic (exact) mass is 278 g/mol. The molecular formula is C12H10N2O4S. The van der Waals surface area contributed by atoms with E-state index in [-0.39, 0.29) is 13.0 Å². The summed E-state index contributed by atoms with van der Waals surface area (Å²) < 4.78 is 16.8. The molecule has 1 N–H and O–H groups in total. The van der Waals surface area contributed by atoms with Crippen LogP contribution < -0.4 is 10.1 Å².